The van der Waals surface area contributed by atoms with E-state index < -0.39 is 0 Å². The Hall–Kier alpha value is -1.82. The summed E-state index contributed by atoms with van der Waals surface area (Å²) in [7, 11) is 0. The minimum Gasteiger partial charge on any atom is -0.349 e. The number of carbonyl (C=O) groups is 1. The van der Waals surface area contributed by atoms with Gasteiger partial charge in [0, 0.05) is 11.6 Å². The molecule has 0 aromatic heterocycles. The molecule has 0 heterocycles. The number of fused-ring (bicyclic) bond motifs is 2. The van der Waals surface area contributed by atoms with Crippen molar-refractivity contribution in [3.8, 4) is 6.07 Å². The molecule has 2 fully saturated rings. The van der Waals surface area contributed by atoms with E-state index in [1.807, 2.05) is 24.3 Å². The normalized spacial score (nSPS) is 28.1. The van der Waals surface area contributed by atoms with Gasteiger partial charge < -0.3 is 5.32 Å². The highest BCUT2D eigenvalue weighted by molar-refractivity contribution is 5.95. The van der Waals surface area contributed by atoms with Gasteiger partial charge in [0.1, 0.15) is 0 Å². The number of rotatable bonds is 4. The predicted octanol–water partition coefficient (Wildman–Crippen LogP) is 3.31. The van der Waals surface area contributed by atoms with E-state index in [1.54, 1.807) is 0 Å². The van der Waals surface area contributed by atoms with Gasteiger partial charge in [0.15, 0.2) is 0 Å². The van der Waals surface area contributed by atoms with Crippen molar-refractivity contribution in [1.29, 1.82) is 5.26 Å². The van der Waals surface area contributed by atoms with Gasteiger partial charge >= 0.3 is 0 Å². The first kappa shape index (κ1) is 14.1. The molecule has 2 aliphatic carbocycles. The zero-order valence-corrected chi connectivity index (χ0v) is 12.5. The molecule has 0 spiro atoms. The zero-order valence-electron chi connectivity index (χ0n) is 12.5. The Morgan fingerprint density at radius 3 is 2.86 bits per heavy atom. The van der Waals surface area contributed by atoms with Gasteiger partial charge in [-0.05, 0) is 55.6 Å². The lowest BCUT2D eigenvalue weighted by Gasteiger charge is -2.28. The Bertz CT molecular complexity index is 575. The van der Waals surface area contributed by atoms with Crippen molar-refractivity contribution in [2.45, 2.75) is 45.1 Å². The van der Waals surface area contributed by atoms with Crippen LogP contribution in [0.5, 0.6) is 0 Å². The monoisotopic (exact) mass is 282 g/mol. The molecule has 0 aliphatic heterocycles. The SMILES string of the molecule is CC(NC(=O)c1ccccc1CC#N)C1CC2CCC1C2. The van der Waals surface area contributed by atoms with Crippen LogP contribution in [-0.4, -0.2) is 11.9 Å². The molecule has 0 saturated heterocycles. The van der Waals surface area contributed by atoms with Crippen LogP contribution in [0.15, 0.2) is 24.3 Å². The highest BCUT2D eigenvalue weighted by atomic mass is 16.1. The molecular formula is C18H22N2O. The van der Waals surface area contributed by atoms with Crippen LogP contribution in [0.1, 0.15) is 48.5 Å². The van der Waals surface area contributed by atoms with Crippen LogP contribution in [-0.2, 0) is 6.42 Å². The van der Waals surface area contributed by atoms with Crippen molar-refractivity contribution in [3.05, 3.63) is 35.4 Å². The van der Waals surface area contributed by atoms with E-state index in [4.69, 9.17) is 5.26 Å². The topological polar surface area (TPSA) is 52.9 Å². The summed E-state index contributed by atoms with van der Waals surface area (Å²) < 4.78 is 0. The minimum absolute atomic E-state index is 0.0314. The maximum atomic E-state index is 12.5. The molecule has 1 amide bonds. The number of nitrogens with zero attached hydrogens (tertiary/aromatic N) is 1. The molecule has 3 nitrogen and oxygen atoms in total. The van der Waals surface area contributed by atoms with E-state index in [-0.39, 0.29) is 18.4 Å². The third-order valence-corrected chi connectivity index (χ3v) is 5.33. The zero-order chi connectivity index (χ0) is 14.8. The smallest absolute Gasteiger partial charge is 0.251 e. The van der Waals surface area contributed by atoms with E-state index in [0.717, 1.165) is 17.4 Å². The number of hydrogen-bond acceptors (Lipinski definition) is 2. The van der Waals surface area contributed by atoms with Crippen molar-refractivity contribution in [1.82, 2.24) is 5.32 Å². The summed E-state index contributed by atoms with van der Waals surface area (Å²) in [6, 6.07) is 9.77. The standard InChI is InChI=1S/C18H22N2O/c1-12(17-11-13-6-7-15(17)10-13)20-18(21)16-5-3-2-4-14(16)8-9-19/h2-5,12-13,15,17H,6-8,10-11H2,1H3,(H,20,21). The van der Waals surface area contributed by atoms with E-state index in [2.05, 4.69) is 18.3 Å². The highest BCUT2D eigenvalue weighted by Gasteiger charge is 2.42. The minimum atomic E-state index is -0.0314. The lowest BCUT2D eigenvalue weighted by molar-refractivity contribution is 0.0914. The maximum Gasteiger partial charge on any atom is 0.251 e. The van der Waals surface area contributed by atoms with Gasteiger partial charge in [0.25, 0.3) is 5.91 Å². The third kappa shape index (κ3) is 2.81. The Morgan fingerprint density at radius 2 is 2.19 bits per heavy atom. The Labute approximate surface area is 126 Å². The highest BCUT2D eigenvalue weighted by Crippen LogP contribution is 2.49. The van der Waals surface area contributed by atoms with Crippen LogP contribution < -0.4 is 5.32 Å². The van der Waals surface area contributed by atoms with E-state index in [9.17, 15) is 4.79 Å². The second-order valence-electron chi connectivity index (χ2n) is 6.59. The van der Waals surface area contributed by atoms with Crippen LogP contribution in [0.3, 0.4) is 0 Å². The van der Waals surface area contributed by atoms with Crippen molar-refractivity contribution in [2.24, 2.45) is 17.8 Å². The fourth-order valence-electron chi connectivity index (χ4n) is 4.28. The molecule has 3 heteroatoms. The van der Waals surface area contributed by atoms with E-state index in [0.29, 0.717) is 11.5 Å². The summed E-state index contributed by atoms with van der Waals surface area (Å²) >= 11 is 0. The molecule has 4 unspecified atom stereocenters. The maximum absolute atomic E-state index is 12.5. The first-order valence-corrected chi connectivity index (χ1v) is 7.94. The molecule has 4 atom stereocenters. The Balaban J connectivity index is 1.68. The summed E-state index contributed by atoms with van der Waals surface area (Å²) in [6.45, 7) is 2.14. The Kier molecular flexibility index (Phi) is 3.96. The molecule has 3 rings (SSSR count). The summed E-state index contributed by atoms with van der Waals surface area (Å²) in [5.74, 6) is 2.30. The number of hydrogen-bond donors (Lipinski definition) is 1. The molecule has 21 heavy (non-hydrogen) atoms. The Morgan fingerprint density at radius 1 is 1.38 bits per heavy atom. The van der Waals surface area contributed by atoms with Crippen LogP contribution in [0, 0.1) is 29.1 Å². The van der Waals surface area contributed by atoms with Crippen molar-refractivity contribution in [3.63, 3.8) is 0 Å². The molecule has 2 bridgehead atoms. The van der Waals surface area contributed by atoms with Crippen LogP contribution >= 0.6 is 0 Å². The summed E-state index contributed by atoms with van der Waals surface area (Å²) in [5, 5.41) is 12.0. The van der Waals surface area contributed by atoms with Gasteiger partial charge in [0.05, 0.1) is 12.5 Å². The van der Waals surface area contributed by atoms with Crippen molar-refractivity contribution in [2.75, 3.05) is 0 Å². The van der Waals surface area contributed by atoms with Crippen LogP contribution in [0.2, 0.25) is 0 Å². The number of amides is 1. The molecule has 1 aromatic carbocycles. The summed E-state index contributed by atoms with van der Waals surface area (Å²) in [4.78, 5) is 12.5. The number of carbonyl (C=O) groups excluding carboxylic acids is 1. The molecular weight excluding hydrogens is 260 g/mol. The second-order valence-corrected chi connectivity index (χ2v) is 6.59. The molecule has 2 aliphatic rings. The van der Waals surface area contributed by atoms with Crippen LogP contribution in [0.4, 0.5) is 0 Å². The molecule has 0 radical (unpaired) electrons. The molecule has 2 saturated carbocycles. The van der Waals surface area contributed by atoms with Crippen molar-refractivity contribution >= 4 is 5.91 Å². The van der Waals surface area contributed by atoms with Gasteiger partial charge in [-0.2, -0.15) is 5.26 Å². The average molecular weight is 282 g/mol. The molecule has 110 valence electrons. The molecule has 1 N–H and O–H groups in total. The van der Waals surface area contributed by atoms with Gasteiger partial charge in [-0.15, -0.1) is 0 Å². The van der Waals surface area contributed by atoms with E-state index in [1.165, 1.54) is 25.7 Å². The second kappa shape index (κ2) is 5.89. The fraction of sp³-hybridized carbons (Fsp3) is 0.556. The first-order valence-electron chi connectivity index (χ1n) is 7.94. The fourth-order valence-corrected chi connectivity index (χ4v) is 4.28. The predicted molar refractivity (Wildman–Crippen MR) is 81.6 cm³/mol. The third-order valence-electron chi connectivity index (χ3n) is 5.33. The van der Waals surface area contributed by atoms with Gasteiger partial charge in [-0.1, -0.05) is 24.6 Å². The number of benzene rings is 1. The largest absolute Gasteiger partial charge is 0.349 e. The van der Waals surface area contributed by atoms with Gasteiger partial charge in [-0.25, -0.2) is 0 Å². The van der Waals surface area contributed by atoms with Gasteiger partial charge in [0.2, 0.25) is 0 Å². The summed E-state index contributed by atoms with van der Waals surface area (Å²) in [5.41, 5.74) is 1.46. The molecule has 1 aromatic rings. The first-order chi connectivity index (χ1) is 10.2. The van der Waals surface area contributed by atoms with E-state index >= 15 is 0 Å². The quantitative estimate of drug-likeness (QED) is 0.921. The van der Waals surface area contributed by atoms with Crippen LogP contribution in [0.25, 0.3) is 0 Å². The average Bonchev–Trinajstić information content (AvgIpc) is 3.10. The summed E-state index contributed by atoms with van der Waals surface area (Å²) in [6.07, 6.45) is 5.63. The number of nitrogens with one attached hydrogen (secondary N) is 1. The van der Waals surface area contributed by atoms with Gasteiger partial charge in [-0.3, -0.25) is 4.79 Å². The number of nitriles is 1. The van der Waals surface area contributed by atoms with Crippen molar-refractivity contribution < 1.29 is 4.79 Å². The lowest BCUT2D eigenvalue weighted by atomic mass is 9.84. The lowest BCUT2D eigenvalue weighted by Crippen LogP contribution is -2.40.